The molecule has 0 aromatic heterocycles. The fourth-order valence-corrected chi connectivity index (χ4v) is 2.46. The van der Waals surface area contributed by atoms with Gasteiger partial charge in [-0.05, 0) is 47.9 Å². The van der Waals surface area contributed by atoms with E-state index in [4.69, 9.17) is 5.26 Å². The Hall–Kier alpha value is -1.29. The molecule has 0 spiro atoms. The van der Waals surface area contributed by atoms with Gasteiger partial charge in [-0.1, -0.05) is 26.3 Å². The molecule has 0 heterocycles. The molecule has 1 aliphatic carbocycles. The number of hydrogen-bond acceptors (Lipinski definition) is 1. The van der Waals surface area contributed by atoms with Gasteiger partial charge in [0.1, 0.15) is 0 Å². The Morgan fingerprint density at radius 1 is 1.40 bits per heavy atom. The lowest BCUT2D eigenvalue weighted by atomic mass is 9.89. The van der Waals surface area contributed by atoms with Gasteiger partial charge in [-0.3, -0.25) is 0 Å². The van der Waals surface area contributed by atoms with Crippen molar-refractivity contribution in [3.8, 4) is 6.07 Å². The third-order valence-corrected chi connectivity index (χ3v) is 3.75. The van der Waals surface area contributed by atoms with Crippen molar-refractivity contribution in [1.29, 1.82) is 5.26 Å². The predicted octanol–water partition coefficient (Wildman–Crippen LogP) is 3.32. The summed E-state index contributed by atoms with van der Waals surface area (Å²) < 4.78 is 0. The average molecular weight is 199 g/mol. The van der Waals surface area contributed by atoms with E-state index in [0.717, 1.165) is 17.4 Å². The van der Waals surface area contributed by atoms with Gasteiger partial charge < -0.3 is 0 Å². The smallest absolute Gasteiger partial charge is 0.0991 e. The largest absolute Gasteiger partial charge is 0.192 e. The zero-order valence-corrected chi connectivity index (χ0v) is 9.46. The molecule has 0 fully saturated rings. The molecule has 15 heavy (non-hydrogen) atoms. The van der Waals surface area contributed by atoms with E-state index in [9.17, 15) is 0 Å². The van der Waals surface area contributed by atoms with E-state index in [2.05, 4.69) is 32.0 Å². The summed E-state index contributed by atoms with van der Waals surface area (Å²) in [6.45, 7) is 4.59. The van der Waals surface area contributed by atoms with Crippen LogP contribution < -0.4 is 0 Å². The summed E-state index contributed by atoms with van der Waals surface area (Å²) in [5.41, 5.74) is 3.66. The first kappa shape index (κ1) is 10.2. The minimum atomic E-state index is 0.791. The fourth-order valence-electron chi connectivity index (χ4n) is 2.46. The van der Waals surface area contributed by atoms with Crippen LogP contribution in [0.3, 0.4) is 0 Å². The van der Waals surface area contributed by atoms with Gasteiger partial charge in [0, 0.05) is 0 Å². The molecular weight excluding hydrogens is 182 g/mol. The third-order valence-electron chi connectivity index (χ3n) is 3.75. The van der Waals surface area contributed by atoms with Crippen LogP contribution in [-0.4, -0.2) is 0 Å². The van der Waals surface area contributed by atoms with Gasteiger partial charge in [0.25, 0.3) is 0 Å². The van der Waals surface area contributed by atoms with Crippen LogP contribution in [0.1, 0.15) is 37.0 Å². The summed E-state index contributed by atoms with van der Waals surface area (Å²) in [6.07, 6.45) is 3.62. The van der Waals surface area contributed by atoms with E-state index in [1.807, 2.05) is 6.07 Å². The molecule has 0 amide bonds. The lowest BCUT2D eigenvalue weighted by molar-refractivity contribution is 0.363. The number of nitrogens with zero attached hydrogens (tertiary/aromatic N) is 1. The van der Waals surface area contributed by atoms with Gasteiger partial charge in [0.15, 0.2) is 0 Å². The van der Waals surface area contributed by atoms with Crippen molar-refractivity contribution in [2.75, 3.05) is 0 Å². The van der Waals surface area contributed by atoms with Crippen LogP contribution in [-0.2, 0) is 12.8 Å². The quantitative estimate of drug-likeness (QED) is 0.716. The van der Waals surface area contributed by atoms with Gasteiger partial charge in [0.2, 0.25) is 0 Å². The first-order valence-electron chi connectivity index (χ1n) is 5.76. The summed E-state index contributed by atoms with van der Waals surface area (Å²) in [4.78, 5) is 0. The van der Waals surface area contributed by atoms with Crippen LogP contribution in [0.5, 0.6) is 0 Å². The molecule has 0 radical (unpaired) electrons. The second-order valence-corrected chi connectivity index (χ2v) is 4.65. The minimum Gasteiger partial charge on any atom is -0.192 e. The van der Waals surface area contributed by atoms with Crippen LogP contribution in [0, 0.1) is 23.2 Å². The maximum atomic E-state index is 8.84. The molecule has 78 valence electrons. The Bertz CT molecular complexity index is 400. The second-order valence-electron chi connectivity index (χ2n) is 4.65. The van der Waals surface area contributed by atoms with Gasteiger partial charge >= 0.3 is 0 Å². The Labute approximate surface area is 91.7 Å². The molecule has 0 saturated carbocycles. The molecule has 0 N–H and O–H groups in total. The zero-order valence-electron chi connectivity index (χ0n) is 9.46. The molecule has 2 atom stereocenters. The van der Waals surface area contributed by atoms with Crippen molar-refractivity contribution < 1.29 is 0 Å². The fraction of sp³-hybridized carbons (Fsp3) is 0.500. The van der Waals surface area contributed by atoms with E-state index >= 15 is 0 Å². The van der Waals surface area contributed by atoms with E-state index in [0.29, 0.717) is 0 Å². The van der Waals surface area contributed by atoms with Crippen molar-refractivity contribution in [2.45, 2.75) is 33.1 Å². The van der Waals surface area contributed by atoms with Crippen molar-refractivity contribution in [2.24, 2.45) is 11.8 Å². The highest BCUT2D eigenvalue weighted by molar-refractivity contribution is 5.41. The zero-order chi connectivity index (χ0) is 10.8. The first-order chi connectivity index (χ1) is 7.24. The molecular formula is C14H17N. The molecule has 1 aliphatic rings. The summed E-state index contributed by atoms with van der Waals surface area (Å²) in [5.74, 6) is 1.59. The predicted molar refractivity (Wildman–Crippen MR) is 61.5 cm³/mol. The van der Waals surface area contributed by atoms with Crippen LogP contribution in [0.4, 0.5) is 0 Å². The molecule has 1 aromatic rings. The molecule has 1 heteroatoms. The number of rotatable bonds is 2. The standard InChI is InChI=1S/C14H17N/c1-3-10(2)13-7-12-5-4-11(9-15)6-14(12)8-13/h4-6,10,13H,3,7-8H2,1-2H3. The van der Waals surface area contributed by atoms with Crippen molar-refractivity contribution in [1.82, 2.24) is 0 Å². The molecule has 2 rings (SSSR count). The average Bonchev–Trinajstić information content (AvgIpc) is 2.70. The SMILES string of the molecule is CCC(C)C1Cc2ccc(C#N)cc2C1. The van der Waals surface area contributed by atoms with E-state index in [1.165, 1.54) is 30.4 Å². The number of fused-ring (bicyclic) bond motifs is 1. The summed E-state index contributed by atoms with van der Waals surface area (Å²) >= 11 is 0. The monoisotopic (exact) mass is 199 g/mol. The summed E-state index contributed by atoms with van der Waals surface area (Å²) in [7, 11) is 0. The van der Waals surface area contributed by atoms with E-state index < -0.39 is 0 Å². The number of hydrogen-bond donors (Lipinski definition) is 0. The van der Waals surface area contributed by atoms with Crippen molar-refractivity contribution >= 4 is 0 Å². The maximum absolute atomic E-state index is 8.84. The van der Waals surface area contributed by atoms with Crippen LogP contribution in [0.2, 0.25) is 0 Å². The Morgan fingerprint density at radius 3 is 2.80 bits per heavy atom. The second kappa shape index (κ2) is 4.06. The number of nitriles is 1. The van der Waals surface area contributed by atoms with Gasteiger partial charge in [0.05, 0.1) is 11.6 Å². The highest BCUT2D eigenvalue weighted by atomic mass is 14.3. The molecule has 0 aliphatic heterocycles. The van der Waals surface area contributed by atoms with Gasteiger partial charge in [-0.2, -0.15) is 5.26 Å². The highest BCUT2D eigenvalue weighted by Gasteiger charge is 2.25. The van der Waals surface area contributed by atoms with Gasteiger partial charge in [-0.15, -0.1) is 0 Å². The molecule has 2 unspecified atom stereocenters. The molecule has 0 saturated heterocycles. The Balaban J connectivity index is 2.21. The summed E-state index contributed by atoms with van der Waals surface area (Å²) in [5, 5.41) is 8.84. The van der Waals surface area contributed by atoms with Crippen LogP contribution in [0.25, 0.3) is 0 Å². The molecule has 1 aromatic carbocycles. The van der Waals surface area contributed by atoms with Crippen molar-refractivity contribution in [3.05, 3.63) is 34.9 Å². The first-order valence-corrected chi connectivity index (χ1v) is 5.76. The van der Waals surface area contributed by atoms with Crippen molar-refractivity contribution in [3.63, 3.8) is 0 Å². The maximum Gasteiger partial charge on any atom is 0.0991 e. The topological polar surface area (TPSA) is 23.8 Å². The number of benzene rings is 1. The lowest BCUT2D eigenvalue weighted by Crippen LogP contribution is -2.10. The summed E-state index contributed by atoms with van der Waals surface area (Å²) in [6, 6.07) is 8.36. The third kappa shape index (κ3) is 1.90. The normalized spacial score (nSPS) is 20.7. The lowest BCUT2D eigenvalue weighted by Gasteiger charge is -2.16. The van der Waals surface area contributed by atoms with Crippen LogP contribution >= 0.6 is 0 Å². The molecule has 1 nitrogen and oxygen atoms in total. The molecule has 0 bridgehead atoms. The van der Waals surface area contributed by atoms with Crippen LogP contribution in [0.15, 0.2) is 18.2 Å². The van der Waals surface area contributed by atoms with Gasteiger partial charge in [-0.25, -0.2) is 0 Å². The highest BCUT2D eigenvalue weighted by Crippen LogP contribution is 2.33. The Morgan fingerprint density at radius 2 is 2.13 bits per heavy atom. The van der Waals surface area contributed by atoms with E-state index in [-0.39, 0.29) is 0 Å². The minimum absolute atomic E-state index is 0.791. The van der Waals surface area contributed by atoms with E-state index in [1.54, 1.807) is 0 Å². The Kier molecular flexibility index (Phi) is 2.77.